The number of aromatic nitrogens is 4. The van der Waals surface area contributed by atoms with E-state index in [4.69, 9.17) is 0 Å². The molecule has 70 heavy (non-hydrogen) atoms. The third-order valence-corrected chi connectivity index (χ3v) is 14.8. The quantitative estimate of drug-likeness (QED) is 0.147. The van der Waals surface area contributed by atoms with Crippen molar-refractivity contribution in [3.8, 4) is 0 Å². The van der Waals surface area contributed by atoms with Gasteiger partial charge in [-0.2, -0.15) is 0 Å². The van der Waals surface area contributed by atoms with E-state index in [2.05, 4.69) is 13.8 Å². The molecule has 2 aromatic heterocycles. The molecule has 1 aliphatic rings. The van der Waals surface area contributed by atoms with Crippen LogP contribution in [-0.4, -0.2) is 76.3 Å². The topological polar surface area (TPSA) is 174 Å². The number of para-hydroxylation sites is 2. The predicted molar refractivity (Wildman–Crippen MR) is 268 cm³/mol. The van der Waals surface area contributed by atoms with Crippen LogP contribution in [0, 0.1) is 34.1 Å². The number of nitro benzene ring substituents is 2. The van der Waals surface area contributed by atoms with Crippen molar-refractivity contribution in [1.82, 2.24) is 18.3 Å². The van der Waals surface area contributed by atoms with Gasteiger partial charge in [-0.25, -0.2) is 9.59 Å². The summed E-state index contributed by atoms with van der Waals surface area (Å²) in [6.45, 7) is 15.9. The molecule has 4 aromatic rings. The van der Waals surface area contributed by atoms with Crippen LogP contribution in [0.3, 0.4) is 0 Å². The Labute approximate surface area is 434 Å². The number of hydrogen-bond acceptors (Lipinski definition) is 8. The molecule has 0 N–H and O–H groups in total. The van der Waals surface area contributed by atoms with Crippen LogP contribution < -0.4 is 56.5 Å². The second-order valence-corrected chi connectivity index (χ2v) is 19.4. The van der Waals surface area contributed by atoms with Gasteiger partial charge in [0.25, 0.3) is 22.5 Å². The number of aryl methyl sites for hydroxylation is 2. The average Bonchev–Trinajstić information content (AvgIpc) is 3.31. The highest BCUT2D eigenvalue weighted by Crippen LogP contribution is 2.27. The van der Waals surface area contributed by atoms with Crippen LogP contribution in [0.2, 0.25) is 0 Å². The molecule has 0 saturated heterocycles. The Hall–Kier alpha value is -4.52. The van der Waals surface area contributed by atoms with Gasteiger partial charge in [-0.05, 0) is 117 Å². The highest BCUT2D eigenvalue weighted by atomic mass is 79.9. The molecule has 4 bridgehead atoms. The minimum atomic E-state index is -0.301. The zero-order valence-electron chi connectivity index (χ0n) is 42.2. The lowest BCUT2D eigenvalue weighted by molar-refractivity contribution is -0.939. The Bertz CT molecular complexity index is 2430. The van der Waals surface area contributed by atoms with Gasteiger partial charge in [0, 0.05) is 61.8 Å². The zero-order chi connectivity index (χ0) is 49.1. The third-order valence-electron chi connectivity index (χ3n) is 14.8. The molecule has 0 spiro atoms. The minimum absolute atomic E-state index is 0. The Morgan fingerprint density at radius 2 is 0.743 bits per heavy atom. The van der Waals surface area contributed by atoms with Crippen LogP contribution >= 0.6 is 0 Å². The number of benzene rings is 2. The summed E-state index contributed by atoms with van der Waals surface area (Å²) in [5.41, 5.74) is 2.00. The van der Waals surface area contributed by atoms with Crippen molar-refractivity contribution >= 4 is 11.4 Å². The molecular formula is C52H78Br2N8O8. The summed E-state index contributed by atoms with van der Waals surface area (Å²) in [5.74, 6) is 0. The van der Waals surface area contributed by atoms with Crippen molar-refractivity contribution in [1.29, 1.82) is 0 Å². The summed E-state index contributed by atoms with van der Waals surface area (Å²) < 4.78 is 7.64. The highest BCUT2D eigenvalue weighted by Gasteiger charge is 2.30. The average molecular weight is 1100 g/mol. The van der Waals surface area contributed by atoms with E-state index in [1.54, 1.807) is 45.5 Å². The van der Waals surface area contributed by atoms with Crippen LogP contribution in [0.25, 0.3) is 0 Å². The summed E-state index contributed by atoms with van der Waals surface area (Å²) in [6.07, 6.45) is 13.8. The molecule has 3 heterocycles. The fraction of sp³-hybridized carbons (Fsp3) is 0.615. The van der Waals surface area contributed by atoms with Crippen LogP contribution in [0.4, 0.5) is 11.4 Å². The van der Waals surface area contributed by atoms with E-state index in [-0.39, 0.29) is 77.7 Å². The predicted octanol–water partition coefficient (Wildman–Crippen LogP) is 2.80. The molecule has 16 nitrogen and oxygen atoms in total. The number of nitro groups is 2. The number of nitrogens with zero attached hydrogens (tertiary/aromatic N) is 8. The van der Waals surface area contributed by atoms with Crippen molar-refractivity contribution in [3.63, 3.8) is 0 Å². The Balaban J connectivity index is 0.00000648. The minimum Gasteiger partial charge on any atom is -1.00 e. The molecular weight excluding hydrogens is 1020 g/mol. The molecule has 0 amide bonds. The van der Waals surface area contributed by atoms with E-state index < -0.39 is 0 Å². The molecule has 5 rings (SSSR count). The van der Waals surface area contributed by atoms with Crippen molar-refractivity contribution in [2.24, 2.45) is 0 Å². The van der Waals surface area contributed by atoms with Gasteiger partial charge in [0.05, 0.1) is 60.2 Å². The van der Waals surface area contributed by atoms with Crippen LogP contribution in [0.1, 0.15) is 139 Å². The molecule has 0 fully saturated rings. The SMILES string of the molecule is CC[N+]1(Cc2ccccc2[N+](=O)[O-])CCCCCCn2c(C)cc(=O)n(c2=O)CCCCCC[N+](CC)(Cc2ccccc2[N+](=O)[O-])CCCCCCn2c(=O)cc(C)n(c2=O)CCCCCC1.[Br-].[Br-]. The second-order valence-electron chi connectivity index (χ2n) is 19.4. The van der Waals surface area contributed by atoms with Gasteiger partial charge in [-0.3, -0.25) is 48.1 Å². The molecule has 0 unspecified atom stereocenters. The van der Waals surface area contributed by atoms with E-state index in [9.17, 15) is 39.4 Å². The van der Waals surface area contributed by atoms with E-state index in [1.807, 2.05) is 38.1 Å². The molecule has 0 radical (unpaired) electrons. The van der Waals surface area contributed by atoms with E-state index in [0.717, 1.165) is 145 Å². The zero-order valence-corrected chi connectivity index (χ0v) is 45.3. The molecule has 0 aliphatic carbocycles. The largest absolute Gasteiger partial charge is 1.00 e. The van der Waals surface area contributed by atoms with Gasteiger partial charge < -0.3 is 42.9 Å². The van der Waals surface area contributed by atoms with Crippen molar-refractivity contribution in [3.05, 3.63) is 145 Å². The van der Waals surface area contributed by atoms with Crippen LogP contribution in [0.5, 0.6) is 0 Å². The second kappa shape index (κ2) is 29.7. The lowest BCUT2D eigenvalue weighted by Crippen LogP contribution is -3.00. The number of halogens is 2. The maximum atomic E-state index is 13.7. The normalized spacial score (nSPS) is 20.1. The summed E-state index contributed by atoms with van der Waals surface area (Å²) in [4.78, 5) is 77.1. The standard InChI is InChI=1S/C52H78N8O8.2BrH/c1-5-59(41-45-27-15-17-29-47(45)57(65)66)35-23-11-7-19-31-53-43(3)39-49(61)55(51(53)63)33-21-9-13-25-37-60(6-2,42-46-28-16-18-30-48(46)58(67)68)38-26-14-10-22-34-56-50(62)40-44(4)54(52(56)64)32-20-8-12-24-36-59;;/h15-18,27-30,39-40H,5-14,19-26,31-38,41-42H2,1-4H3;2*1H/q+2;;/p-2. The van der Waals surface area contributed by atoms with Crippen molar-refractivity contribution < 1.29 is 52.8 Å². The van der Waals surface area contributed by atoms with Gasteiger partial charge >= 0.3 is 11.4 Å². The lowest BCUT2D eigenvalue weighted by Gasteiger charge is -2.38. The monoisotopic (exact) mass is 1100 g/mol. The fourth-order valence-electron chi connectivity index (χ4n) is 10.5. The Kier molecular flexibility index (Phi) is 25.4. The van der Waals surface area contributed by atoms with Crippen LogP contribution in [-0.2, 0) is 39.3 Å². The molecule has 0 atom stereocenters. The third kappa shape index (κ3) is 16.8. The van der Waals surface area contributed by atoms with Crippen molar-refractivity contribution in [2.75, 3.05) is 39.3 Å². The number of fused-ring (bicyclic) bond motifs is 4. The first-order valence-electron chi connectivity index (χ1n) is 25.5. The maximum absolute atomic E-state index is 13.7. The van der Waals surface area contributed by atoms with Gasteiger partial charge in [-0.15, -0.1) is 0 Å². The Morgan fingerprint density at radius 3 is 1.04 bits per heavy atom. The summed E-state index contributed by atoms with van der Waals surface area (Å²) >= 11 is 0. The maximum Gasteiger partial charge on any atom is 0.331 e. The first-order chi connectivity index (χ1) is 32.7. The van der Waals surface area contributed by atoms with Gasteiger partial charge in [0.2, 0.25) is 0 Å². The summed E-state index contributed by atoms with van der Waals surface area (Å²) in [7, 11) is 0. The number of quaternary nitrogens is 2. The summed E-state index contributed by atoms with van der Waals surface area (Å²) in [5, 5.41) is 24.1. The molecule has 388 valence electrons. The fourth-order valence-corrected chi connectivity index (χ4v) is 10.5. The first kappa shape index (κ1) is 59.8. The molecule has 0 saturated carbocycles. The van der Waals surface area contributed by atoms with E-state index in [1.165, 1.54) is 9.13 Å². The van der Waals surface area contributed by atoms with Crippen LogP contribution in [0.15, 0.2) is 79.8 Å². The number of rotatable bonds is 8. The molecule has 1 aliphatic heterocycles. The van der Waals surface area contributed by atoms with Gasteiger partial charge in [-0.1, -0.05) is 49.9 Å². The van der Waals surface area contributed by atoms with Crippen molar-refractivity contribution in [2.45, 2.75) is 170 Å². The summed E-state index contributed by atoms with van der Waals surface area (Å²) in [6, 6.07) is 17.2. The first-order valence-corrected chi connectivity index (χ1v) is 25.5. The number of hydrogen-bond donors (Lipinski definition) is 0. The van der Waals surface area contributed by atoms with E-state index >= 15 is 0 Å². The van der Waals surface area contributed by atoms with E-state index in [0.29, 0.717) is 68.0 Å². The lowest BCUT2D eigenvalue weighted by atomic mass is 10.1. The Morgan fingerprint density at radius 1 is 0.457 bits per heavy atom. The van der Waals surface area contributed by atoms with Gasteiger partial charge in [0.15, 0.2) is 0 Å². The molecule has 18 heteroatoms. The molecule has 2 aromatic carbocycles. The highest BCUT2D eigenvalue weighted by molar-refractivity contribution is 5.40. The smallest absolute Gasteiger partial charge is 0.331 e. The van der Waals surface area contributed by atoms with Gasteiger partial charge in [0.1, 0.15) is 13.1 Å².